The van der Waals surface area contributed by atoms with Crippen molar-refractivity contribution in [2.24, 2.45) is 11.8 Å². The van der Waals surface area contributed by atoms with Gasteiger partial charge in [-0.1, -0.05) is 147 Å². The van der Waals surface area contributed by atoms with Gasteiger partial charge in [-0.05, 0) is 93.9 Å². The summed E-state index contributed by atoms with van der Waals surface area (Å²) in [4.78, 5) is 2.43. The molecule has 2 atom stereocenters. The molecule has 56 heavy (non-hydrogen) atoms. The van der Waals surface area contributed by atoms with E-state index in [-0.39, 0.29) is 0 Å². The number of hydrogen-bond acceptors (Lipinski definition) is 3. The Morgan fingerprint density at radius 2 is 1.20 bits per heavy atom. The molecule has 3 heteroatoms. The minimum atomic E-state index is 0.322. The van der Waals surface area contributed by atoms with Gasteiger partial charge in [0.1, 0.15) is 22.3 Å². The van der Waals surface area contributed by atoms with Crippen LogP contribution >= 0.6 is 0 Å². The number of benzene rings is 7. The molecule has 2 unspecified atom stereocenters. The van der Waals surface area contributed by atoms with E-state index in [1.54, 1.807) is 0 Å². The maximum atomic E-state index is 6.34. The van der Waals surface area contributed by atoms with Crippen LogP contribution in [0, 0.1) is 11.8 Å². The first-order chi connectivity index (χ1) is 27.7. The Bertz CT molecular complexity index is 3120. The van der Waals surface area contributed by atoms with E-state index in [4.69, 9.17) is 8.83 Å². The van der Waals surface area contributed by atoms with Crippen molar-refractivity contribution in [3.05, 3.63) is 205 Å². The molecule has 0 amide bonds. The number of hydrogen-bond donors (Lipinski definition) is 0. The van der Waals surface area contributed by atoms with Crippen LogP contribution in [0.2, 0.25) is 0 Å². The molecular weight excluding hydrogens is 683 g/mol. The fourth-order valence-corrected chi connectivity index (χ4v) is 8.95. The minimum absolute atomic E-state index is 0.322. The second-order valence-corrected chi connectivity index (χ2v) is 14.9. The van der Waals surface area contributed by atoms with Crippen molar-refractivity contribution in [3.63, 3.8) is 0 Å². The highest BCUT2D eigenvalue weighted by molar-refractivity contribution is 6.13. The molecule has 0 fully saturated rings. The van der Waals surface area contributed by atoms with Crippen LogP contribution in [0.1, 0.15) is 12.5 Å². The van der Waals surface area contributed by atoms with Gasteiger partial charge >= 0.3 is 0 Å². The maximum absolute atomic E-state index is 6.34. The van der Waals surface area contributed by atoms with Crippen molar-refractivity contribution in [2.75, 3.05) is 4.90 Å². The molecule has 2 heterocycles. The zero-order valence-electron chi connectivity index (χ0n) is 30.9. The van der Waals surface area contributed by atoms with Crippen LogP contribution in [-0.4, -0.2) is 0 Å². The van der Waals surface area contributed by atoms with Crippen molar-refractivity contribution in [1.29, 1.82) is 0 Å². The Hall–Kier alpha value is -7.10. The first-order valence-corrected chi connectivity index (χ1v) is 19.4. The number of furan rings is 2. The van der Waals surface area contributed by atoms with Crippen LogP contribution in [0.15, 0.2) is 209 Å². The summed E-state index contributed by atoms with van der Waals surface area (Å²) in [5, 5.41) is 4.44. The largest absolute Gasteiger partial charge is 0.456 e. The van der Waals surface area contributed by atoms with E-state index >= 15 is 0 Å². The Labute approximate surface area is 325 Å². The minimum Gasteiger partial charge on any atom is -0.456 e. The van der Waals surface area contributed by atoms with Gasteiger partial charge in [0, 0.05) is 44.4 Å². The Morgan fingerprint density at radius 3 is 2.09 bits per heavy atom. The Kier molecular flexibility index (Phi) is 7.53. The molecule has 0 N–H and O–H groups in total. The van der Waals surface area contributed by atoms with Crippen molar-refractivity contribution >= 4 is 66.5 Å². The van der Waals surface area contributed by atoms with Crippen LogP contribution in [-0.2, 0) is 0 Å². The summed E-state index contributed by atoms with van der Waals surface area (Å²) in [5.74, 6) is 0.672. The van der Waals surface area contributed by atoms with E-state index in [1.165, 1.54) is 16.7 Å². The SMILES string of the molecule is CC1C(c2ccc(-c3ccccc3)c(N(c3cccc(-c4cccc5oc6ccccc6c45)c3)c3ccc4oc5ccccc5c4c3)c2)=CC=C2C=CC=CC21. The number of fused-ring (bicyclic) bond motifs is 7. The van der Waals surface area contributed by atoms with E-state index in [0.29, 0.717) is 11.8 Å². The van der Waals surface area contributed by atoms with Crippen LogP contribution < -0.4 is 4.90 Å². The molecule has 2 aromatic heterocycles. The summed E-state index contributed by atoms with van der Waals surface area (Å²) in [6, 6.07) is 56.3. The summed E-state index contributed by atoms with van der Waals surface area (Å²) >= 11 is 0. The van der Waals surface area contributed by atoms with E-state index in [2.05, 4.69) is 182 Å². The van der Waals surface area contributed by atoms with Crippen LogP contribution in [0.4, 0.5) is 17.1 Å². The molecule has 266 valence electrons. The van der Waals surface area contributed by atoms with Crippen molar-refractivity contribution in [2.45, 2.75) is 6.92 Å². The van der Waals surface area contributed by atoms with E-state index < -0.39 is 0 Å². The van der Waals surface area contributed by atoms with Crippen LogP contribution in [0.25, 0.3) is 71.7 Å². The van der Waals surface area contributed by atoms with Crippen LogP contribution in [0.3, 0.4) is 0 Å². The quantitative estimate of drug-likeness (QED) is 0.171. The standard InChI is InChI=1S/C53H37NO2/c1-34-41-18-6-5-15-36(41)25-28-42(34)38-26-29-43(35-13-3-2-4-14-35)48(32-38)54(40-27-30-51-47(33-40)45-19-7-9-22-49(45)55-51)39-17-11-16-37(31-39)44-21-12-24-52-53(44)46-20-8-10-23-50(46)56-52/h2-34,41H,1H3. The number of anilines is 3. The molecule has 2 aliphatic rings. The number of rotatable bonds is 6. The summed E-state index contributed by atoms with van der Waals surface area (Å²) in [6.45, 7) is 2.36. The molecule has 0 spiro atoms. The zero-order chi connectivity index (χ0) is 37.2. The van der Waals surface area contributed by atoms with Gasteiger partial charge in [-0.3, -0.25) is 0 Å². The summed E-state index contributed by atoms with van der Waals surface area (Å²) in [5.41, 5.74) is 15.2. The molecule has 0 bridgehead atoms. The van der Waals surface area contributed by atoms with Gasteiger partial charge in [0.2, 0.25) is 0 Å². The predicted octanol–water partition coefficient (Wildman–Crippen LogP) is 15.0. The summed E-state index contributed by atoms with van der Waals surface area (Å²) < 4.78 is 12.7. The second-order valence-electron chi connectivity index (χ2n) is 14.9. The lowest BCUT2D eigenvalue weighted by Crippen LogP contribution is -2.18. The van der Waals surface area contributed by atoms with Crippen molar-refractivity contribution < 1.29 is 8.83 Å². The Morgan fingerprint density at radius 1 is 0.482 bits per heavy atom. The fraction of sp³-hybridized carbons (Fsp3) is 0.0566. The highest BCUT2D eigenvalue weighted by Crippen LogP contribution is 2.47. The molecule has 0 radical (unpaired) electrons. The van der Waals surface area contributed by atoms with Gasteiger partial charge in [-0.2, -0.15) is 0 Å². The van der Waals surface area contributed by atoms with E-state index in [0.717, 1.165) is 83.2 Å². The van der Waals surface area contributed by atoms with Gasteiger partial charge < -0.3 is 13.7 Å². The number of nitrogens with zero attached hydrogens (tertiary/aromatic N) is 1. The lowest BCUT2D eigenvalue weighted by Gasteiger charge is -2.32. The van der Waals surface area contributed by atoms with E-state index in [9.17, 15) is 0 Å². The molecule has 3 nitrogen and oxygen atoms in total. The normalized spacial score (nSPS) is 16.4. The Balaban J connectivity index is 1.16. The third-order valence-electron chi connectivity index (χ3n) is 11.7. The van der Waals surface area contributed by atoms with Gasteiger partial charge in [-0.25, -0.2) is 0 Å². The lowest BCUT2D eigenvalue weighted by atomic mass is 9.74. The molecule has 11 rings (SSSR count). The number of para-hydroxylation sites is 2. The summed E-state index contributed by atoms with van der Waals surface area (Å²) in [7, 11) is 0. The smallest absolute Gasteiger partial charge is 0.136 e. The monoisotopic (exact) mass is 719 g/mol. The number of allylic oxidation sites excluding steroid dienone is 8. The zero-order valence-corrected chi connectivity index (χ0v) is 30.9. The second kappa shape index (κ2) is 13.0. The average Bonchev–Trinajstić information content (AvgIpc) is 3.83. The van der Waals surface area contributed by atoms with Gasteiger partial charge in [-0.15, -0.1) is 0 Å². The highest BCUT2D eigenvalue weighted by atomic mass is 16.3. The highest BCUT2D eigenvalue weighted by Gasteiger charge is 2.28. The third kappa shape index (κ3) is 5.27. The molecule has 9 aromatic rings. The van der Waals surface area contributed by atoms with E-state index in [1.807, 2.05) is 24.3 Å². The molecular formula is C53H37NO2. The fourth-order valence-electron chi connectivity index (χ4n) is 8.95. The van der Waals surface area contributed by atoms with Crippen molar-refractivity contribution in [3.8, 4) is 22.3 Å². The van der Waals surface area contributed by atoms with Gasteiger partial charge in [0.05, 0.1) is 5.69 Å². The molecule has 0 aliphatic heterocycles. The lowest BCUT2D eigenvalue weighted by molar-refractivity contribution is 0.600. The first-order valence-electron chi connectivity index (χ1n) is 19.4. The van der Waals surface area contributed by atoms with Gasteiger partial charge in [0.25, 0.3) is 0 Å². The van der Waals surface area contributed by atoms with Crippen molar-refractivity contribution in [1.82, 2.24) is 0 Å². The molecule has 0 saturated heterocycles. The average molecular weight is 720 g/mol. The maximum Gasteiger partial charge on any atom is 0.136 e. The first kappa shape index (κ1) is 32.3. The van der Waals surface area contributed by atoms with Gasteiger partial charge in [0.15, 0.2) is 0 Å². The molecule has 0 saturated carbocycles. The third-order valence-corrected chi connectivity index (χ3v) is 11.7. The predicted molar refractivity (Wildman–Crippen MR) is 234 cm³/mol. The topological polar surface area (TPSA) is 29.5 Å². The molecule has 2 aliphatic carbocycles. The van der Waals surface area contributed by atoms with Crippen LogP contribution in [0.5, 0.6) is 0 Å². The summed E-state index contributed by atoms with van der Waals surface area (Å²) in [6.07, 6.45) is 13.5. The molecule has 7 aromatic carbocycles.